The molecule has 3 nitrogen and oxygen atoms in total. The van der Waals surface area contributed by atoms with Gasteiger partial charge in [-0.25, -0.2) is 0 Å². The second kappa shape index (κ2) is 6.17. The van der Waals surface area contributed by atoms with Crippen LogP contribution in [0.3, 0.4) is 0 Å². The highest BCUT2D eigenvalue weighted by atomic mass is 16.5. The number of aliphatic hydroxyl groups is 1. The Balaban J connectivity index is 2.28. The van der Waals surface area contributed by atoms with Crippen LogP contribution in [0, 0.1) is 11.3 Å². The van der Waals surface area contributed by atoms with E-state index in [0.29, 0.717) is 24.6 Å². The Morgan fingerprint density at radius 2 is 2.06 bits per heavy atom. The van der Waals surface area contributed by atoms with Crippen molar-refractivity contribution in [3.8, 4) is 0 Å². The fourth-order valence-electron chi connectivity index (χ4n) is 2.25. The van der Waals surface area contributed by atoms with E-state index in [-0.39, 0.29) is 11.5 Å². The lowest BCUT2D eigenvalue weighted by Crippen LogP contribution is -2.61. The van der Waals surface area contributed by atoms with Crippen LogP contribution in [0.25, 0.3) is 0 Å². The predicted octanol–water partition coefficient (Wildman–Crippen LogP) is 2.19. The summed E-state index contributed by atoms with van der Waals surface area (Å²) in [4.78, 5) is 0. The molecule has 0 amide bonds. The largest absolute Gasteiger partial charge is 0.392 e. The zero-order valence-electron chi connectivity index (χ0n) is 12.0. The monoisotopic (exact) mass is 243 g/mol. The quantitative estimate of drug-likeness (QED) is 0.720. The van der Waals surface area contributed by atoms with Gasteiger partial charge in [0.05, 0.1) is 12.2 Å². The molecule has 0 aromatic carbocycles. The maximum absolute atomic E-state index is 9.54. The fourth-order valence-corrected chi connectivity index (χ4v) is 2.25. The summed E-state index contributed by atoms with van der Waals surface area (Å²) in [5.74, 6) is 0.597. The summed E-state index contributed by atoms with van der Waals surface area (Å²) in [6, 6.07) is 0.473. The third-order valence-corrected chi connectivity index (χ3v) is 3.88. The van der Waals surface area contributed by atoms with E-state index in [9.17, 15) is 5.11 Å². The van der Waals surface area contributed by atoms with E-state index >= 15 is 0 Å². The minimum absolute atomic E-state index is 0.183. The van der Waals surface area contributed by atoms with Crippen LogP contribution >= 0.6 is 0 Å². The molecule has 0 spiro atoms. The molecule has 102 valence electrons. The van der Waals surface area contributed by atoms with Crippen LogP contribution in [0.15, 0.2) is 0 Å². The highest BCUT2D eigenvalue weighted by Gasteiger charge is 2.48. The Kier molecular flexibility index (Phi) is 5.42. The molecular weight excluding hydrogens is 214 g/mol. The Morgan fingerprint density at radius 3 is 2.53 bits per heavy atom. The fraction of sp³-hybridized carbons (Fsp3) is 1.00. The Morgan fingerprint density at radius 1 is 1.41 bits per heavy atom. The molecule has 0 heterocycles. The number of hydrogen-bond donors (Lipinski definition) is 2. The number of ether oxygens (including phenoxy) is 1. The van der Waals surface area contributed by atoms with E-state index in [1.807, 2.05) is 6.92 Å². The van der Waals surface area contributed by atoms with Crippen LogP contribution in [0.2, 0.25) is 0 Å². The Bertz CT molecular complexity index is 228. The lowest BCUT2D eigenvalue weighted by molar-refractivity contribution is -0.124. The molecule has 3 atom stereocenters. The van der Waals surface area contributed by atoms with Crippen molar-refractivity contribution in [3.63, 3.8) is 0 Å². The van der Waals surface area contributed by atoms with Crippen LogP contribution in [0.5, 0.6) is 0 Å². The molecule has 0 bridgehead atoms. The SMILES string of the molecule is CCC(O)CNC1CC(OCC(C)C)C1(C)C. The second-order valence-corrected chi connectivity index (χ2v) is 6.30. The highest BCUT2D eigenvalue weighted by Crippen LogP contribution is 2.42. The van der Waals surface area contributed by atoms with Gasteiger partial charge in [0.25, 0.3) is 0 Å². The van der Waals surface area contributed by atoms with Gasteiger partial charge in [-0.15, -0.1) is 0 Å². The van der Waals surface area contributed by atoms with Crippen LogP contribution in [-0.4, -0.2) is 36.5 Å². The van der Waals surface area contributed by atoms with Crippen molar-refractivity contribution >= 4 is 0 Å². The summed E-state index contributed by atoms with van der Waals surface area (Å²) in [6.07, 6.45) is 2.02. The van der Waals surface area contributed by atoms with Gasteiger partial charge >= 0.3 is 0 Å². The number of aliphatic hydroxyl groups excluding tert-OH is 1. The summed E-state index contributed by atoms with van der Waals surface area (Å²) in [5, 5.41) is 13.0. The third-order valence-electron chi connectivity index (χ3n) is 3.88. The molecule has 1 rings (SSSR count). The first-order chi connectivity index (χ1) is 7.87. The van der Waals surface area contributed by atoms with Gasteiger partial charge in [-0.3, -0.25) is 0 Å². The van der Waals surface area contributed by atoms with Gasteiger partial charge in [0.1, 0.15) is 0 Å². The molecule has 0 radical (unpaired) electrons. The average Bonchev–Trinajstić information content (AvgIpc) is 2.26. The van der Waals surface area contributed by atoms with E-state index in [1.54, 1.807) is 0 Å². The molecule has 2 N–H and O–H groups in total. The summed E-state index contributed by atoms with van der Waals surface area (Å²) in [5.41, 5.74) is 0.183. The van der Waals surface area contributed by atoms with Gasteiger partial charge in [0, 0.05) is 24.6 Å². The normalized spacial score (nSPS) is 29.1. The zero-order chi connectivity index (χ0) is 13.1. The smallest absolute Gasteiger partial charge is 0.0662 e. The van der Waals surface area contributed by atoms with Gasteiger partial charge in [-0.1, -0.05) is 34.6 Å². The van der Waals surface area contributed by atoms with Gasteiger partial charge < -0.3 is 15.2 Å². The van der Waals surface area contributed by atoms with Crippen LogP contribution < -0.4 is 5.32 Å². The van der Waals surface area contributed by atoms with Crippen molar-refractivity contribution in [2.45, 2.75) is 65.7 Å². The summed E-state index contributed by atoms with van der Waals surface area (Å²) in [7, 11) is 0. The number of rotatable bonds is 7. The first-order valence-electron chi connectivity index (χ1n) is 6.91. The average molecular weight is 243 g/mol. The van der Waals surface area contributed by atoms with Crippen molar-refractivity contribution in [2.24, 2.45) is 11.3 Å². The first kappa shape index (κ1) is 14.9. The van der Waals surface area contributed by atoms with Crippen molar-refractivity contribution < 1.29 is 9.84 Å². The molecule has 0 aromatic rings. The summed E-state index contributed by atoms with van der Waals surface area (Å²) >= 11 is 0. The number of hydrogen-bond acceptors (Lipinski definition) is 3. The van der Waals surface area contributed by atoms with E-state index in [0.717, 1.165) is 19.4 Å². The molecule has 3 unspecified atom stereocenters. The lowest BCUT2D eigenvalue weighted by Gasteiger charge is -2.52. The van der Waals surface area contributed by atoms with Gasteiger partial charge in [0.2, 0.25) is 0 Å². The zero-order valence-corrected chi connectivity index (χ0v) is 12.0. The van der Waals surface area contributed by atoms with E-state index in [4.69, 9.17) is 4.74 Å². The minimum atomic E-state index is -0.221. The lowest BCUT2D eigenvalue weighted by atomic mass is 9.64. The van der Waals surface area contributed by atoms with Crippen LogP contribution in [0.4, 0.5) is 0 Å². The molecule has 0 aliphatic heterocycles. The predicted molar refractivity (Wildman–Crippen MR) is 71.1 cm³/mol. The topological polar surface area (TPSA) is 41.5 Å². The standard InChI is InChI=1S/C14H29NO2/c1-6-11(16)8-15-12-7-13(14(12,4)5)17-9-10(2)3/h10-13,15-16H,6-9H2,1-5H3. The molecule has 1 fully saturated rings. The Hall–Kier alpha value is -0.120. The highest BCUT2D eigenvalue weighted by molar-refractivity contribution is 5.02. The minimum Gasteiger partial charge on any atom is -0.392 e. The molecule has 0 saturated heterocycles. The van der Waals surface area contributed by atoms with Crippen molar-refractivity contribution in [3.05, 3.63) is 0 Å². The molecule has 3 heteroatoms. The molecule has 1 aliphatic carbocycles. The molecule has 0 aromatic heterocycles. The second-order valence-electron chi connectivity index (χ2n) is 6.30. The van der Waals surface area contributed by atoms with E-state index in [2.05, 4.69) is 33.0 Å². The summed E-state index contributed by atoms with van der Waals surface area (Å²) < 4.78 is 5.92. The van der Waals surface area contributed by atoms with Crippen LogP contribution in [-0.2, 0) is 4.74 Å². The summed E-state index contributed by atoms with van der Waals surface area (Å²) in [6.45, 7) is 12.4. The molecule has 1 aliphatic rings. The molecule has 1 saturated carbocycles. The van der Waals surface area contributed by atoms with Gasteiger partial charge in [-0.2, -0.15) is 0 Å². The van der Waals surface area contributed by atoms with E-state index in [1.165, 1.54) is 0 Å². The molecule has 17 heavy (non-hydrogen) atoms. The number of nitrogens with one attached hydrogen (secondary N) is 1. The van der Waals surface area contributed by atoms with Crippen molar-refractivity contribution in [2.75, 3.05) is 13.2 Å². The first-order valence-corrected chi connectivity index (χ1v) is 6.91. The maximum atomic E-state index is 9.54. The van der Waals surface area contributed by atoms with Gasteiger partial charge in [0.15, 0.2) is 0 Å². The third kappa shape index (κ3) is 3.94. The van der Waals surface area contributed by atoms with Crippen LogP contribution in [0.1, 0.15) is 47.5 Å². The van der Waals surface area contributed by atoms with E-state index < -0.39 is 0 Å². The maximum Gasteiger partial charge on any atom is 0.0662 e. The van der Waals surface area contributed by atoms with Gasteiger partial charge in [-0.05, 0) is 18.8 Å². The Labute approximate surface area is 106 Å². The molecular formula is C14H29NO2. The van der Waals surface area contributed by atoms with Crippen molar-refractivity contribution in [1.29, 1.82) is 0 Å². The van der Waals surface area contributed by atoms with Crippen molar-refractivity contribution in [1.82, 2.24) is 5.32 Å².